The number of hydrogen-bond donors (Lipinski definition) is 13. The topological polar surface area (TPSA) is 339 Å². The van der Waals surface area contributed by atoms with E-state index in [0.29, 0.717) is 0 Å². The van der Waals surface area contributed by atoms with E-state index in [1.807, 2.05) is 0 Å². The lowest BCUT2D eigenvalue weighted by atomic mass is 9.98. The quantitative estimate of drug-likeness (QED) is 0.0707. The Labute approximate surface area is 310 Å². The van der Waals surface area contributed by atoms with Crippen molar-refractivity contribution < 1.29 is 104 Å². The Morgan fingerprint density at radius 1 is 0.618 bits per heavy atom. The van der Waals surface area contributed by atoms with Gasteiger partial charge in [0.2, 0.25) is 24.1 Å². The molecular formula is C34H43O21+. The lowest BCUT2D eigenvalue weighted by molar-refractivity contribution is -0.318. The van der Waals surface area contributed by atoms with Crippen molar-refractivity contribution in [1.82, 2.24) is 0 Å². The molecule has 4 heterocycles. The Bertz CT molecular complexity index is 1810. The Kier molecular flexibility index (Phi) is 12.1. The molecule has 21 nitrogen and oxygen atoms in total. The average Bonchev–Trinajstić information content (AvgIpc) is 3.16. The summed E-state index contributed by atoms with van der Waals surface area (Å²) in [6.45, 7) is 0.0415. The van der Waals surface area contributed by atoms with Crippen LogP contribution in [0.2, 0.25) is 0 Å². The van der Waals surface area contributed by atoms with Crippen LogP contribution in [0.25, 0.3) is 22.3 Å². The molecule has 0 radical (unpaired) electrons. The molecule has 3 saturated heterocycles. The maximum Gasteiger partial charge on any atom is 0.402 e. The molecule has 1 aromatic heterocycles. The summed E-state index contributed by atoms with van der Waals surface area (Å²) in [5, 5.41) is 135. The lowest BCUT2D eigenvalue weighted by Gasteiger charge is -2.42. The fourth-order valence-corrected chi connectivity index (χ4v) is 6.34. The summed E-state index contributed by atoms with van der Waals surface area (Å²) < 4.78 is 45.3. The number of phenols is 3. The Hall–Kier alpha value is -3.91. The van der Waals surface area contributed by atoms with Crippen LogP contribution >= 0.6 is 0 Å². The van der Waals surface area contributed by atoms with Gasteiger partial charge >= 0.3 is 11.3 Å². The monoisotopic (exact) mass is 787 g/mol. The van der Waals surface area contributed by atoms with E-state index in [-0.39, 0.29) is 39.5 Å². The van der Waals surface area contributed by atoms with Gasteiger partial charge in [-0.3, -0.25) is 0 Å². The fraction of sp³-hybridized carbons (Fsp3) is 0.559. The van der Waals surface area contributed by atoms with Crippen LogP contribution < -0.4 is 14.2 Å². The van der Waals surface area contributed by atoms with E-state index in [2.05, 4.69) is 0 Å². The van der Waals surface area contributed by atoms with Gasteiger partial charge in [-0.15, -0.1) is 0 Å². The molecule has 13 N–H and O–H groups in total. The lowest BCUT2D eigenvalue weighted by Crippen LogP contribution is -2.61. The normalized spacial score (nSPS) is 36.8. The van der Waals surface area contributed by atoms with Crippen molar-refractivity contribution in [2.75, 3.05) is 20.3 Å². The molecule has 0 saturated carbocycles. The van der Waals surface area contributed by atoms with Gasteiger partial charge in [-0.05, 0) is 6.92 Å². The number of hydrogen-bond acceptors (Lipinski definition) is 20. The first-order valence-corrected chi connectivity index (χ1v) is 16.9. The van der Waals surface area contributed by atoms with Crippen molar-refractivity contribution in [2.45, 2.75) is 99.0 Å². The van der Waals surface area contributed by atoms with Crippen LogP contribution in [-0.4, -0.2) is 179 Å². The van der Waals surface area contributed by atoms with E-state index >= 15 is 0 Å². The Morgan fingerprint density at radius 3 is 1.84 bits per heavy atom. The highest BCUT2D eigenvalue weighted by Crippen LogP contribution is 2.46. The SMILES string of the molecule is COc1cc(-c2[o+]c3cc(O)cc(O[C@@H]4O[C@H](CO)[C@@H](O)[C@H](O)[C@@H]4O)c3cc2O[C@@H]2O[C@H](CO[C@@H]3O[C@H](C)[C@H](O)[C@H](O)[C@H]3O)[C@@H](O)[C@@H](O)[C@H]2O)cc(O)c1O. The molecule has 15 atom stereocenters. The minimum atomic E-state index is -1.96. The first-order chi connectivity index (χ1) is 26.0. The van der Waals surface area contributed by atoms with Crippen LogP contribution in [0, 0.1) is 0 Å². The molecule has 3 fully saturated rings. The highest BCUT2D eigenvalue weighted by molar-refractivity contribution is 5.89. The number of aliphatic hydroxyl groups excluding tert-OH is 10. The fourth-order valence-electron chi connectivity index (χ4n) is 6.34. The summed E-state index contributed by atoms with van der Waals surface area (Å²) in [6.07, 6.45) is -24.7. The number of rotatable bonds is 10. The molecule has 3 aromatic rings. The van der Waals surface area contributed by atoms with E-state index in [1.54, 1.807) is 0 Å². The molecule has 0 aliphatic carbocycles. The Morgan fingerprint density at radius 2 is 1.20 bits per heavy atom. The largest absolute Gasteiger partial charge is 0.507 e. The van der Waals surface area contributed by atoms with Gasteiger partial charge in [0.15, 0.2) is 17.8 Å². The highest BCUT2D eigenvalue weighted by atomic mass is 16.7. The highest BCUT2D eigenvalue weighted by Gasteiger charge is 2.49. The minimum Gasteiger partial charge on any atom is -0.507 e. The number of aliphatic hydroxyl groups is 10. The van der Waals surface area contributed by atoms with Gasteiger partial charge in [0.05, 0.1) is 38.1 Å². The molecule has 0 unspecified atom stereocenters. The van der Waals surface area contributed by atoms with Gasteiger partial charge in [0.25, 0.3) is 0 Å². The molecule has 2 aromatic carbocycles. The molecule has 6 rings (SSSR count). The van der Waals surface area contributed by atoms with Crippen LogP contribution in [0.15, 0.2) is 34.7 Å². The third-order valence-electron chi connectivity index (χ3n) is 9.57. The summed E-state index contributed by atoms with van der Waals surface area (Å²) in [4.78, 5) is 0. The second-order valence-corrected chi connectivity index (χ2v) is 13.3. The van der Waals surface area contributed by atoms with Crippen molar-refractivity contribution in [3.8, 4) is 45.8 Å². The summed E-state index contributed by atoms with van der Waals surface area (Å²) in [7, 11) is 1.20. The predicted molar refractivity (Wildman–Crippen MR) is 178 cm³/mol. The first kappa shape index (κ1) is 40.7. The summed E-state index contributed by atoms with van der Waals surface area (Å²) in [6, 6.07) is 5.71. The first-order valence-electron chi connectivity index (χ1n) is 16.9. The average molecular weight is 788 g/mol. The summed E-state index contributed by atoms with van der Waals surface area (Å²) in [5.74, 6) is -2.84. The number of aromatic hydroxyl groups is 3. The van der Waals surface area contributed by atoms with E-state index in [4.69, 9.17) is 37.6 Å². The van der Waals surface area contributed by atoms with Gasteiger partial charge in [-0.2, -0.15) is 0 Å². The molecule has 0 amide bonds. The van der Waals surface area contributed by atoms with E-state index < -0.39 is 123 Å². The van der Waals surface area contributed by atoms with Crippen molar-refractivity contribution in [1.29, 1.82) is 0 Å². The maximum absolute atomic E-state index is 11.0. The van der Waals surface area contributed by atoms with Crippen molar-refractivity contribution in [3.05, 3.63) is 30.3 Å². The molecule has 21 heteroatoms. The van der Waals surface area contributed by atoms with Crippen molar-refractivity contribution in [3.63, 3.8) is 0 Å². The molecule has 0 bridgehead atoms. The van der Waals surface area contributed by atoms with Crippen molar-refractivity contribution >= 4 is 11.0 Å². The van der Waals surface area contributed by atoms with E-state index in [1.165, 1.54) is 26.2 Å². The molecule has 3 aliphatic rings. The number of benzene rings is 2. The van der Waals surface area contributed by atoms with Gasteiger partial charge in [-0.1, -0.05) is 0 Å². The predicted octanol–water partition coefficient (Wildman–Crippen LogP) is -3.28. The molecular weight excluding hydrogens is 744 g/mol. The summed E-state index contributed by atoms with van der Waals surface area (Å²) in [5.41, 5.74) is -0.166. The van der Waals surface area contributed by atoms with Gasteiger partial charge in [-0.25, -0.2) is 4.42 Å². The molecule has 0 spiro atoms. The van der Waals surface area contributed by atoms with Crippen LogP contribution in [0.5, 0.6) is 34.5 Å². The maximum atomic E-state index is 11.0. The van der Waals surface area contributed by atoms with Crippen LogP contribution in [-0.2, 0) is 18.9 Å². The zero-order valence-electron chi connectivity index (χ0n) is 29.0. The van der Waals surface area contributed by atoms with Crippen LogP contribution in [0.4, 0.5) is 0 Å². The van der Waals surface area contributed by atoms with Gasteiger partial charge in [0.1, 0.15) is 84.0 Å². The molecule has 304 valence electrons. The number of ether oxygens (including phenoxy) is 7. The van der Waals surface area contributed by atoms with E-state index in [0.717, 1.165) is 18.2 Å². The van der Waals surface area contributed by atoms with Crippen molar-refractivity contribution in [2.24, 2.45) is 0 Å². The second-order valence-electron chi connectivity index (χ2n) is 13.3. The number of methoxy groups -OCH3 is 1. The zero-order chi connectivity index (χ0) is 40.0. The number of fused-ring (bicyclic) bond motifs is 1. The second kappa shape index (κ2) is 16.3. The molecule has 3 aliphatic heterocycles. The molecule has 55 heavy (non-hydrogen) atoms. The zero-order valence-corrected chi connectivity index (χ0v) is 29.0. The van der Waals surface area contributed by atoms with Crippen LogP contribution in [0.3, 0.4) is 0 Å². The smallest absolute Gasteiger partial charge is 0.402 e. The van der Waals surface area contributed by atoms with Crippen LogP contribution in [0.1, 0.15) is 6.92 Å². The third-order valence-corrected chi connectivity index (χ3v) is 9.57. The van der Waals surface area contributed by atoms with E-state index in [9.17, 15) is 66.4 Å². The minimum absolute atomic E-state index is 0.0205. The van der Waals surface area contributed by atoms with Gasteiger partial charge < -0.3 is 99.5 Å². The number of phenolic OH excluding ortho intramolecular Hbond substituents is 3. The third kappa shape index (κ3) is 7.90. The van der Waals surface area contributed by atoms with Gasteiger partial charge in [0, 0.05) is 24.3 Å². The Balaban J connectivity index is 1.37. The summed E-state index contributed by atoms with van der Waals surface area (Å²) >= 11 is 0. The standard InChI is InChI=1S/C34H42O21/c1-10-21(38)25(42)28(45)32(50-10)49-9-20-24(41)27(44)30(47)34(55-20)53-18-7-13-15(51-31(18)11-3-14(37)22(39)17(4-11)48-2)5-12(36)6-16(13)52-33-29(46)26(43)23(40)19(8-35)54-33/h3-7,10,19-21,23-30,32-35,38,40-47H,8-9H2,1-2H3,(H2-,36,37,39)/p+1/t10-,19-,20-,21+,23-,24-,25+,26+,27-,28-,29+,30-,32-,33-,34-/m1/s1.